The van der Waals surface area contributed by atoms with E-state index in [2.05, 4.69) is 119 Å². The van der Waals surface area contributed by atoms with E-state index in [0.717, 1.165) is 34.0 Å². The van der Waals surface area contributed by atoms with Gasteiger partial charge in [0.25, 0.3) is 0 Å². The molecule has 0 atom stereocenters. The van der Waals surface area contributed by atoms with E-state index in [1.165, 1.54) is 42.3 Å². The predicted molar refractivity (Wildman–Crippen MR) is 230 cm³/mol. The standard InChI is InChI=1S/C46H42N4O4S2/c1-49-39-7-3-5-9-43(39)55-45-21-11-33(29-41(45)49)31-47-35-13-17-37(18-14-35)53-27-25-51-23-24-52-26-28-54-38-19-15-36(16-20-38)48-32-34-12-22-46-42(30-34)50(2)40-8-4-6-10-44(40)56-46/h3-22,29-32H,23-28H2,1-2H3. The summed E-state index contributed by atoms with van der Waals surface area (Å²) in [5, 5.41) is 0. The van der Waals surface area contributed by atoms with Crippen LogP contribution in [0.2, 0.25) is 0 Å². The molecule has 0 saturated heterocycles. The van der Waals surface area contributed by atoms with Gasteiger partial charge >= 0.3 is 0 Å². The van der Waals surface area contributed by atoms with Crippen LogP contribution in [0.1, 0.15) is 11.1 Å². The van der Waals surface area contributed by atoms with Crippen molar-refractivity contribution in [2.24, 2.45) is 9.98 Å². The highest BCUT2D eigenvalue weighted by molar-refractivity contribution is 8.00. The number of benzene rings is 6. The molecule has 2 aliphatic rings. The van der Waals surface area contributed by atoms with Gasteiger partial charge in [0.15, 0.2) is 0 Å². The smallest absolute Gasteiger partial charge is 0.119 e. The van der Waals surface area contributed by atoms with Gasteiger partial charge in [0, 0.05) is 46.1 Å². The van der Waals surface area contributed by atoms with Crippen molar-refractivity contribution in [1.82, 2.24) is 0 Å². The molecule has 0 aliphatic carbocycles. The molecule has 0 bridgehead atoms. The van der Waals surface area contributed by atoms with Gasteiger partial charge in [-0.05, 0) is 108 Å². The molecule has 8 rings (SSSR count). The minimum Gasteiger partial charge on any atom is -0.491 e. The Morgan fingerprint density at radius 2 is 0.839 bits per heavy atom. The summed E-state index contributed by atoms with van der Waals surface area (Å²) in [7, 11) is 4.22. The van der Waals surface area contributed by atoms with Gasteiger partial charge in [-0.2, -0.15) is 0 Å². The summed E-state index contributed by atoms with van der Waals surface area (Å²) in [6, 6.07) is 45.4. The van der Waals surface area contributed by atoms with Crippen molar-refractivity contribution in [2.45, 2.75) is 19.6 Å². The van der Waals surface area contributed by atoms with E-state index in [1.807, 2.05) is 61.0 Å². The highest BCUT2D eigenvalue weighted by Gasteiger charge is 2.21. The Hall–Kier alpha value is -5.52. The molecule has 0 N–H and O–H groups in total. The second-order valence-corrected chi connectivity index (χ2v) is 15.3. The first-order valence-corrected chi connectivity index (χ1v) is 20.2. The molecule has 10 heteroatoms. The Kier molecular flexibility index (Phi) is 12.0. The summed E-state index contributed by atoms with van der Waals surface area (Å²) in [5.41, 5.74) is 8.65. The van der Waals surface area contributed by atoms with Crippen LogP contribution in [-0.2, 0) is 9.47 Å². The lowest BCUT2D eigenvalue weighted by atomic mass is 10.1. The average Bonchev–Trinajstić information content (AvgIpc) is 3.24. The number of rotatable bonds is 15. The molecule has 0 amide bonds. The Morgan fingerprint density at radius 3 is 1.29 bits per heavy atom. The molecule has 56 heavy (non-hydrogen) atoms. The van der Waals surface area contributed by atoms with Crippen molar-refractivity contribution >= 4 is 70.1 Å². The summed E-state index contributed by atoms with van der Waals surface area (Å²) in [6.07, 6.45) is 3.81. The van der Waals surface area contributed by atoms with Gasteiger partial charge in [-0.3, -0.25) is 9.98 Å². The Labute approximate surface area is 336 Å². The van der Waals surface area contributed by atoms with Crippen molar-refractivity contribution in [3.63, 3.8) is 0 Å². The number of nitrogens with zero attached hydrogens (tertiary/aromatic N) is 4. The number of anilines is 4. The summed E-state index contributed by atoms with van der Waals surface area (Å²) in [5.74, 6) is 1.56. The molecule has 2 heterocycles. The number of fused-ring (bicyclic) bond motifs is 4. The third kappa shape index (κ3) is 9.12. The average molecular weight is 779 g/mol. The topological polar surface area (TPSA) is 68.1 Å². The monoisotopic (exact) mass is 778 g/mol. The van der Waals surface area contributed by atoms with Crippen molar-refractivity contribution < 1.29 is 18.9 Å². The lowest BCUT2D eigenvalue weighted by molar-refractivity contribution is 0.0273. The molecular formula is C46H42N4O4S2. The molecule has 0 spiro atoms. The zero-order chi connectivity index (χ0) is 38.1. The van der Waals surface area contributed by atoms with Crippen LogP contribution in [0.5, 0.6) is 11.5 Å². The van der Waals surface area contributed by atoms with E-state index in [4.69, 9.17) is 18.9 Å². The van der Waals surface area contributed by atoms with Crippen LogP contribution >= 0.6 is 23.5 Å². The van der Waals surface area contributed by atoms with Crippen LogP contribution < -0.4 is 19.3 Å². The van der Waals surface area contributed by atoms with Gasteiger partial charge in [-0.15, -0.1) is 0 Å². The first-order chi connectivity index (χ1) is 27.6. The fourth-order valence-electron chi connectivity index (χ4n) is 6.38. The van der Waals surface area contributed by atoms with Crippen LogP contribution in [0, 0.1) is 0 Å². The van der Waals surface area contributed by atoms with Crippen molar-refractivity contribution in [3.05, 3.63) is 145 Å². The maximum Gasteiger partial charge on any atom is 0.119 e. The molecule has 8 nitrogen and oxygen atoms in total. The zero-order valence-electron chi connectivity index (χ0n) is 31.3. The van der Waals surface area contributed by atoms with Crippen LogP contribution in [0.3, 0.4) is 0 Å². The van der Waals surface area contributed by atoms with Crippen LogP contribution in [0.25, 0.3) is 0 Å². The first-order valence-electron chi connectivity index (χ1n) is 18.6. The van der Waals surface area contributed by atoms with E-state index in [1.54, 1.807) is 23.5 Å². The fraction of sp³-hybridized carbons (Fsp3) is 0.174. The van der Waals surface area contributed by atoms with Crippen molar-refractivity contribution in [1.29, 1.82) is 0 Å². The van der Waals surface area contributed by atoms with Gasteiger partial charge in [-0.1, -0.05) is 59.9 Å². The molecule has 0 unspecified atom stereocenters. The van der Waals surface area contributed by atoms with E-state index in [0.29, 0.717) is 39.6 Å². The zero-order valence-corrected chi connectivity index (χ0v) is 33.0. The van der Waals surface area contributed by atoms with Crippen LogP contribution in [-0.4, -0.2) is 66.2 Å². The molecule has 0 aromatic heterocycles. The minimum atomic E-state index is 0.453. The second-order valence-electron chi connectivity index (χ2n) is 13.1. The molecule has 2 aliphatic heterocycles. The van der Waals surface area contributed by atoms with Crippen LogP contribution in [0.4, 0.5) is 34.1 Å². The van der Waals surface area contributed by atoms with E-state index in [-0.39, 0.29) is 0 Å². The number of hydrogen-bond donors (Lipinski definition) is 0. The van der Waals surface area contributed by atoms with E-state index in [9.17, 15) is 0 Å². The molecular weight excluding hydrogens is 737 g/mol. The number of hydrogen-bond acceptors (Lipinski definition) is 10. The minimum absolute atomic E-state index is 0.453. The maximum absolute atomic E-state index is 5.84. The van der Waals surface area contributed by atoms with Gasteiger partial charge in [0.2, 0.25) is 0 Å². The quantitative estimate of drug-likeness (QED) is 0.0754. The summed E-state index contributed by atoms with van der Waals surface area (Å²) in [6.45, 7) is 2.82. The molecule has 282 valence electrons. The van der Waals surface area contributed by atoms with Crippen LogP contribution in [0.15, 0.2) is 163 Å². The van der Waals surface area contributed by atoms with Gasteiger partial charge in [-0.25, -0.2) is 0 Å². The van der Waals surface area contributed by atoms with Crippen molar-refractivity contribution in [3.8, 4) is 11.5 Å². The third-order valence-electron chi connectivity index (χ3n) is 9.35. The Morgan fingerprint density at radius 1 is 0.446 bits per heavy atom. The summed E-state index contributed by atoms with van der Waals surface area (Å²) in [4.78, 5) is 18.9. The third-order valence-corrected chi connectivity index (χ3v) is 11.6. The maximum atomic E-state index is 5.84. The largest absolute Gasteiger partial charge is 0.491 e. The van der Waals surface area contributed by atoms with Gasteiger partial charge in [0.1, 0.15) is 24.7 Å². The Bertz CT molecular complexity index is 2170. The summed E-state index contributed by atoms with van der Waals surface area (Å²) >= 11 is 3.61. The Balaban J connectivity index is 0.685. The number of para-hydroxylation sites is 2. The molecule has 6 aromatic carbocycles. The van der Waals surface area contributed by atoms with E-state index >= 15 is 0 Å². The first kappa shape index (κ1) is 37.4. The fourth-order valence-corrected chi connectivity index (χ4v) is 8.64. The normalized spacial score (nSPS) is 13.0. The SMILES string of the molecule is CN1c2ccccc2Sc2ccc(C=Nc3ccc(OCCOCCOCCOc4ccc(N=Cc5ccc6c(c5)N(C)c5ccccc5S6)cc4)cc3)cc21. The van der Waals surface area contributed by atoms with Gasteiger partial charge in [0.05, 0.1) is 60.6 Å². The lowest BCUT2D eigenvalue weighted by Crippen LogP contribution is -2.14. The van der Waals surface area contributed by atoms with Crippen molar-refractivity contribution in [2.75, 3.05) is 63.5 Å². The molecule has 6 aromatic rings. The highest BCUT2D eigenvalue weighted by Crippen LogP contribution is 2.48. The molecule has 0 saturated carbocycles. The number of ether oxygens (including phenoxy) is 4. The molecule has 0 fully saturated rings. The van der Waals surface area contributed by atoms with Gasteiger partial charge < -0.3 is 28.7 Å². The predicted octanol–water partition coefficient (Wildman–Crippen LogP) is 11.1. The number of aliphatic imine (C=N–C) groups is 2. The lowest BCUT2D eigenvalue weighted by Gasteiger charge is -2.29. The highest BCUT2D eigenvalue weighted by atomic mass is 32.2. The second kappa shape index (κ2) is 18.0. The van der Waals surface area contributed by atoms with E-state index < -0.39 is 0 Å². The molecule has 0 radical (unpaired) electrons. The summed E-state index contributed by atoms with van der Waals surface area (Å²) < 4.78 is 23.0.